The zero-order valence-corrected chi connectivity index (χ0v) is 24.1. The molecule has 1 heterocycles. The van der Waals surface area contributed by atoms with Crippen LogP contribution in [0.4, 0.5) is 0 Å². The normalized spacial score (nSPS) is 19.4. The molecule has 196 valence electrons. The molecule has 0 fully saturated rings. The number of ether oxygens (including phenoxy) is 2. The molecule has 37 heavy (non-hydrogen) atoms. The van der Waals surface area contributed by atoms with Crippen molar-refractivity contribution in [3.63, 3.8) is 0 Å². The van der Waals surface area contributed by atoms with E-state index < -0.39 is 11.9 Å². The van der Waals surface area contributed by atoms with E-state index in [1.54, 1.807) is 23.9 Å². The summed E-state index contributed by atoms with van der Waals surface area (Å²) in [5.41, 5.74) is 4.06. The fraction of sp³-hybridized carbons (Fsp3) is 0.357. The van der Waals surface area contributed by atoms with Crippen molar-refractivity contribution in [2.75, 3.05) is 25.2 Å². The van der Waals surface area contributed by atoms with Gasteiger partial charge in [0.1, 0.15) is 6.61 Å². The minimum absolute atomic E-state index is 0.00914. The summed E-state index contributed by atoms with van der Waals surface area (Å²) in [6, 6.07) is 11.0. The van der Waals surface area contributed by atoms with E-state index in [-0.39, 0.29) is 29.8 Å². The number of hydrogen-bond acceptors (Lipinski definition) is 7. The average molecular weight is 607 g/mol. The van der Waals surface area contributed by atoms with Crippen molar-refractivity contribution in [2.45, 2.75) is 38.5 Å². The highest BCUT2D eigenvalue weighted by Crippen LogP contribution is 2.48. The summed E-state index contributed by atoms with van der Waals surface area (Å²) in [4.78, 5) is 27.1. The summed E-state index contributed by atoms with van der Waals surface area (Å²) in [7, 11) is 1.46. The molecule has 0 bridgehead atoms. The van der Waals surface area contributed by atoms with Gasteiger partial charge in [-0.2, -0.15) is 11.8 Å². The quantitative estimate of drug-likeness (QED) is 0.263. The topological polar surface area (TPSA) is 84.9 Å². The smallest absolute Gasteiger partial charge is 0.336 e. The first kappa shape index (κ1) is 27.6. The lowest BCUT2D eigenvalue weighted by Crippen LogP contribution is -2.36. The Bertz CT molecular complexity index is 1270. The van der Waals surface area contributed by atoms with Crippen molar-refractivity contribution in [1.29, 1.82) is 0 Å². The average Bonchev–Trinajstić information content (AvgIpc) is 2.87. The van der Waals surface area contributed by atoms with Crippen LogP contribution in [-0.2, 0) is 14.3 Å². The Kier molecular flexibility index (Phi) is 8.93. The van der Waals surface area contributed by atoms with Crippen LogP contribution in [-0.4, -0.2) is 42.1 Å². The number of phenolic OH excluding ortho intramolecular Hbond substituents is 1. The monoisotopic (exact) mass is 605 g/mol. The minimum atomic E-state index is -0.660. The number of esters is 1. The Labute approximate surface area is 234 Å². The van der Waals surface area contributed by atoms with Gasteiger partial charge in [-0.25, -0.2) is 4.79 Å². The second kappa shape index (κ2) is 12.0. The van der Waals surface area contributed by atoms with Crippen LogP contribution in [0, 0.1) is 0 Å². The molecule has 6 nitrogen and oxygen atoms in total. The number of allylic oxidation sites excluding steroid dienone is 3. The van der Waals surface area contributed by atoms with Gasteiger partial charge in [-0.3, -0.25) is 4.79 Å². The first-order chi connectivity index (χ1) is 17.7. The number of carbonyl (C=O) groups is 2. The third-order valence-corrected chi connectivity index (χ3v) is 8.38. The Balaban J connectivity index is 1.78. The Hall–Kier alpha value is -2.42. The fourth-order valence-corrected chi connectivity index (χ4v) is 6.02. The van der Waals surface area contributed by atoms with E-state index in [2.05, 4.69) is 28.2 Å². The van der Waals surface area contributed by atoms with Crippen molar-refractivity contribution < 1.29 is 24.2 Å². The number of thioether (sulfide) groups is 1. The molecule has 0 spiro atoms. The summed E-state index contributed by atoms with van der Waals surface area (Å²) in [6.07, 6.45) is 0.923. The number of hydrogen-bond donors (Lipinski definition) is 2. The molecular formula is C28H29BrClNO5S. The number of nitrogens with one attached hydrogen (secondary N) is 1. The molecule has 2 aromatic carbocycles. The number of rotatable bonds is 8. The van der Waals surface area contributed by atoms with E-state index in [9.17, 15) is 14.7 Å². The SMILES string of the molecule is CCSCCOC(=O)C1=C(C)NC2=C(C(=O)C[C@H](c3ccc(Cl)cc3)C2)[C@@H]1c1cc(Br)c(O)c(OC)c1. The van der Waals surface area contributed by atoms with Gasteiger partial charge < -0.3 is 19.9 Å². The predicted molar refractivity (Wildman–Crippen MR) is 150 cm³/mol. The van der Waals surface area contributed by atoms with E-state index in [0.717, 1.165) is 17.0 Å². The van der Waals surface area contributed by atoms with Gasteiger partial charge >= 0.3 is 5.97 Å². The Morgan fingerprint density at radius 3 is 2.62 bits per heavy atom. The molecule has 0 amide bonds. The predicted octanol–water partition coefficient (Wildman–Crippen LogP) is 6.47. The van der Waals surface area contributed by atoms with Crippen LogP contribution in [0.2, 0.25) is 5.02 Å². The summed E-state index contributed by atoms with van der Waals surface area (Å²) >= 11 is 11.2. The molecule has 9 heteroatoms. The summed E-state index contributed by atoms with van der Waals surface area (Å²) < 4.78 is 11.4. The van der Waals surface area contributed by atoms with Gasteiger partial charge in [0.15, 0.2) is 17.3 Å². The number of aromatic hydroxyl groups is 1. The highest BCUT2D eigenvalue weighted by atomic mass is 79.9. The second-order valence-electron chi connectivity index (χ2n) is 8.96. The largest absolute Gasteiger partial charge is 0.503 e. The maximum atomic E-state index is 13.7. The molecule has 4 rings (SSSR count). The first-order valence-electron chi connectivity index (χ1n) is 12.1. The maximum Gasteiger partial charge on any atom is 0.336 e. The summed E-state index contributed by atoms with van der Waals surface area (Å²) in [6.45, 7) is 4.16. The lowest BCUT2D eigenvalue weighted by atomic mass is 9.71. The van der Waals surface area contributed by atoms with Crippen LogP contribution in [0.25, 0.3) is 0 Å². The van der Waals surface area contributed by atoms with Crippen LogP contribution in [0.5, 0.6) is 11.5 Å². The highest BCUT2D eigenvalue weighted by molar-refractivity contribution is 9.10. The molecule has 0 unspecified atom stereocenters. The van der Waals surface area contributed by atoms with Gasteiger partial charge in [0, 0.05) is 40.1 Å². The number of dihydropyridines is 1. The number of Topliss-reactive ketones (excluding diaryl/α,β-unsaturated/α-hetero) is 1. The Morgan fingerprint density at radius 2 is 1.95 bits per heavy atom. The van der Waals surface area contributed by atoms with Crippen molar-refractivity contribution in [1.82, 2.24) is 5.32 Å². The van der Waals surface area contributed by atoms with Crippen LogP contribution >= 0.6 is 39.3 Å². The molecule has 0 saturated carbocycles. The van der Waals surface area contributed by atoms with Crippen LogP contribution < -0.4 is 10.1 Å². The van der Waals surface area contributed by atoms with Crippen molar-refractivity contribution >= 4 is 51.0 Å². The van der Waals surface area contributed by atoms with Crippen LogP contribution in [0.3, 0.4) is 0 Å². The van der Waals surface area contributed by atoms with E-state index in [1.165, 1.54) is 7.11 Å². The lowest BCUT2D eigenvalue weighted by molar-refractivity contribution is -0.138. The molecule has 2 aromatic rings. The van der Waals surface area contributed by atoms with Crippen molar-refractivity contribution in [3.8, 4) is 11.5 Å². The first-order valence-corrected chi connectivity index (χ1v) is 14.4. The van der Waals surface area contributed by atoms with E-state index in [0.29, 0.717) is 50.5 Å². The highest BCUT2D eigenvalue weighted by Gasteiger charge is 2.42. The van der Waals surface area contributed by atoms with Crippen LogP contribution in [0.1, 0.15) is 49.7 Å². The minimum Gasteiger partial charge on any atom is -0.503 e. The van der Waals surface area contributed by atoms with Gasteiger partial charge in [-0.05, 0) is 76.3 Å². The van der Waals surface area contributed by atoms with Crippen molar-refractivity contribution in [3.05, 3.63) is 79.6 Å². The van der Waals surface area contributed by atoms with Gasteiger partial charge in [-0.15, -0.1) is 0 Å². The molecule has 2 atom stereocenters. The van der Waals surface area contributed by atoms with E-state index in [4.69, 9.17) is 21.1 Å². The van der Waals surface area contributed by atoms with Crippen LogP contribution in [0.15, 0.2) is 63.4 Å². The fourth-order valence-electron chi connectivity index (χ4n) is 4.95. The van der Waals surface area contributed by atoms with Gasteiger partial charge in [0.25, 0.3) is 0 Å². The summed E-state index contributed by atoms with van der Waals surface area (Å²) in [5.74, 6) is 0.656. The Morgan fingerprint density at radius 1 is 1.22 bits per heavy atom. The molecular weight excluding hydrogens is 578 g/mol. The second-order valence-corrected chi connectivity index (χ2v) is 11.6. The van der Waals surface area contributed by atoms with E-state index >= 15 is 0 Å². The number of methoxy groups -OCH3 is 1. The zero-order chi connectivity index (χ0) is 26.7. The zero-order valence-electron chi connectivity index (χ0n) is 20.9. The lowest BCUT2D eigenvalue weighted by Gasteiger charge is -2.37. The number of ketones is 1. The molecule has 1 aliphatic heterocycles. The molecule has 0 radical (unpaired) electrons. The van der Waals surface area contributed by atoms with Gasteiger partial charge in [0.2, 0.25) is 0 Å². The molecule has 2 N–H and O–H groups in total. The van der Waals surface area contributed by atoms with Gasteiger partial charge in [0.05, 0.1) is 17.2 Å². The number of benzene rings is 2. The molecule has 0 aromatic heterocycles. The van der Waals surface area contributed by atoms with Crippen molar-refractivity contribution in [2.24, 2.45) is 0 Å². The van der Waals surface area contributed by atoms with Gasteiger partial charge in [-0.1, -0.05) is 30.7 Å². The molecule has 1 aliphatic carbocycles. The number of halogens is 2. The van der Waals surface area contributed by atoms with E-state index in [1.807, 2.05) is 31.2 Å². The molecule has 2 aliphatic rings. The standard InChI is InChI=1S/C28H29BrClNO5S/c1-4-37-10-9-36-28(34)24-15(2)31-21-12-17(16-5-7-19(30)8-6-16)13-22(32)26(21)25(24)18-11-20(29)27(33)23(14-18)35-3/h5-8,11,14,17,25,31,33H,4,9-10,12-13H2,1-3H3/t17-,25-/m1/s1. The maximum absolute atomic E-state index is 13.7. The third-order valence-electron chi connectivity index (χ3n) is 6.66. The number of phenols is 1. The summed E-state index contributed by atoms with van der Waals surface area (Å²) in [5, 5.41) is 14.4. The molecule has 0 saturated heterocycles. The number of carbonyl (C=O) groups excluding carboxylic acids is 2. The third kappa shape index (κ3) is 5.86.